The summed E-state index contributed by atoms with van der Waals surface area (Å²) in [5.41, 5.74) is 5.86. The Morgan fingerprint density at radius 2 is 2.06 bits per heavy atom. The van der Waals surface area contributed by atoms with Gasteiger partial charge in [-0.1, -0.05) is 12.1 Å². The molecule has 0 radical (unpaired) electrons. The first-order valence-electron chi connectivity index (χ1n) is 10.7. The largest absolute Gasteiger partial charge is 0.472 e. The van der Waals surface area contributed by atoms with Crippen molar-refractivity contribution >= 4 is 16.8 Å². The van der Waals surface area contributed by atoms with Crippen LogP contribution in [0, 0.1) is 13.8 Å². The van der Waals surface area contributed by atoms with Crippen LogP contribution in [0.1, 0.15) is 39.0 Å². The molecule has 1 saturated heterocycles. The second-order valence-corrected chi connectivity index (χ2v) is 8.58. The van der Waals surface area contributed by atoms with E-state index in [2.05, 4.69) is 30.2 Å². The number of hydrogen-bond donors (Lipinski definition) is 1. The van der Waals surface area contributed by atoms with Gasteiger partial charge in [-0.05, 0) is 61.1 Å². The van der Waals surface area contributed by atoms with Crippen molar-refractivity contribution in [3.05, 3.63) is 58.3 Å². The minimum atomic E-state index is -0.598. The number of carbonyl (C=O) groups is 1. The van der Waals surface area contributed by atoms with Gasteiger partial charge in [0.1, 0.15) is 5.75 Å². The van der Waals surface area contributed by atoms with Crippen LogP contribution in [-0.4, -0.2) is 57.8 Å². The normalized spacial score (nSPS) is 21.3. The lowest BCUT2D eigenvalue weighted by Crippen LogP contribution is -2.55. The van der Waals surface area contributed by atoms with Crippen LogP contribution < -0.4 is 4.74 Å². The third-order valence-corrected chi connectivity index (χ3v) is 6.56. The summed E-state index contributed by atoms with van der Waals surface area (Å²) < 4.78 is 13.3. The smallest absolute Gasteiger partial charge is 0.260 e. The number of amides is 1. The van der Waals surface area contributed by atoms with E-state index in [1.165, 1.54) is 0 Å². The molecule has 2 aliphatic rings. The molecule has 2 aromatic carbocycles. The molecule has 0 bridgehead atoms. The van der Waals surface area contributed by atoms with Crippen LogP contribution in [-0.2, 0) is 18.2 Å². The van der Waals surface area contributed by atoms with Crippen molar-refractivity contribution in [3.63, 3.8) is 0 Å². The molecular weight excluding hydrogens is 394 g/mol. The average molecular weight is 421 g/mol. The van der Waals surface area contributed by atoms with Gasteiger partial charge in [-0.25, -0.2) is 0 Å². The fourth-order valence-corrected chi connectivity index (χ4v) is 4.61. The van der Waals surface area contributed by atoms with Gasteiger partial charge in [0.15, 0.2) is 6.73 Å². The molecule has 0 saturated carbocycles. The molecule has 0 unspecified atom stereocenters. The monoisotopic (exact) mass is 421 g/mol. The summed E-state index contributed by atoms with van der Waals surface area (Å²) in [5, 5.41) is 16.0. The average Bonchev–Trinajstić information content (AvgIpc) is 3.12. The second kappa shape index (κ2) is 7.66. The Kier molecular flexibility index (Phi) is 4.95. The first kappa shape index (κ1) is 20.0. The van der Waals surface area contributed by atoms with Crippen LogP contribution in [0.15, 0.2) is 30.5 Å². The molecule has 3 heterocycles. The number of aromatic nitrogens is 2. The fraction of sp³-hybridized carbons (Fsp3) is 0.417. The molecule has 31 heavy (non-hydrogen) atoms. The van der Waals surface area contributed by atoms with Crippen molar-refractivity contribution in [1.29, 1.82) is 0 Å². The van der Waals surface area contributed by atoms with Gasteiger partial charge in [-0.15, -0.1) is 0 Å². The van der Waals surface area contributed by atoms with E-state index < -0.39 is 6.10 Å². The number of fused-ring (bicyclic) bond motifs is 2. The van der Waals surface area contributed by atoms with Crippen molar-refractivity contribution < 1.29 is 19.4 Å². The van der Waals surface area contributed by atoms with Crippen LogP contribution >= 0.6 is 0 Å². The fourth-order valence-electron chi connectivity index (χ4n) is 4.61. The minimum Gasteiger partial charge on any atom is -0.472 e. The number of hydrogen-bond acceptors (Lipinski definition) is 5. The zero-order valence-corrected chi connectivity index (χ0v) is 18.1. The van der Waals surface area contributed by atoms with E-state index in [0.29, 0.717) is 37.4 Å². The number of benzene rings is 2. The first-order valence-corrected chi connectivity index (χ1v) is 10.7. The summed E-state index contributed by atoms with van der Waals surface area (Å²) in [7, 11) is 1.92. The highest BCUT2D eigenvalue weighted by Crippen LogP contribution is 2.35. The van der Waals surface area contributed by atoms with Crippen molar-refractivity contribution in [3.8, 4) is 5.75 Å². The molecule has 7 heteroatoms. The molecule has 0 aliphatic carbocycles. The van der Waals surface area contributed by atoms with Gasteiger partial charge in [0, 0.05) is 25.2 Å². The maximum atomic E-state index is 13.4. The van der Waals surface area contributed by atoms with Gasteiger partial charge < -0.3 is 14.6 Å². The number of ether oxygens (including phenoxy) is 2. The minimum absolute atomic E-state index is 0.111. The second-order valence-electron chi connectivity index (χ2n) is 8.58. The quantitative estimate of drug-likeness (QED) is 0.704. The lowest BCUT2D eigenvalue weighted by molar-refractivity contribution is -0.0697. The molecule has 2 aliphatic heterocycles. The number of rotatable bonds is 3. The first-order chi connectivity index (χ1) is 14.9. The number of carbonyl (C=O) groups excluding carboxylic acids is 1. The molecule has 1 fully saturated rings. The van der Waals surface area contributed by atoms with Gasteiger partial charge in [0.05, 0.1) is 29.8 Å². The van der Waals surface area contributed by atoms with Gasteiger partial charge in [0.2, 0.25) is 0 Å². The standard InChI is InChI=1S/C24H27N3O4/c1-14-15(2)23-19(24(29)27(13-31-23)21-12-30-7-6-22(21)28)10-18(14)8-16-4-5-17-11-26(3)25-20(17)9-16/h4-5,9-11,21-22,28H,6-8,12-13H2,1-3H3/t21-,22-/m0/s1. The van der Waals surface area contributed by atoms with E-state index in [1.54, 1.807) is 4.90 Å². The Bertz CT molecular complexity index is 1170. The predicted molar refractivity (Wildman–Crippen MR) is 116 cm³/mol. The van der Waals surface area contributed by atoms with Crippen molar-refractivity contribution in [1.82, 2.24) is 14.7 Å². The summed E-state index contributed by atoms with van der Waals surface area (Å²) in [6.07, 6.45) is 2.63. The van der Waals surface area contributed by atoms with Gasteiger partial charge >= 0.3 is 0 Å². The molecule has 7 nitrogen and oxygen atoms in total. The maximum absolute atomic E-state index is 13.4. The zero-order valence-electron chi connectivity index (χ0n) is 18.1. The molecule has 0 spiro atoms. The molecule has 162 valence electrons. The van der Waals surface area contributed by atoms with E-state index in [4.69, 9.17) is 9.47 Å². The summed E-state index contributed by atoms with van der Waals surface area (Å²) in [6.45, 7) is 5.05. The Labute approximate surface area is 181 Å². The molecule has 5 rings (SSSR count). The number of aliphatic hydroxyl groups excluding tert-OH is 1. The summed E-state index contributed by atoms with van der Waals surface area (Å²) in [6, 6.07) is 7.86. The van der Waals surface area contributed by atoms with E-state index in [0.717, 1.165) is 33.2 Å². The zero-order chi connectivity index (χ0) is 21.7. The van der Waals surface area contributed by atoms with Crippen LogP contribution in [0.4, 0.5) is 0 Å². The topological polar surface area (TPSA) is 76.8 Å². The Morgan fingerprint density at radius 3 is 2.87 bits per heavy atom. The van der Waals surface area contributed by atoms with E-state index >= 15 is 0 Å². The third kappa shape index (κ3) is 3.47. The van der Waals surface area contributed by atoms with Gasteiger partial charge in [-0.2, -0.15) is 5.10 Å². The van der Waals surface area contributed by atoms with Crippen LogP contribution in [0.2, 0.25) is 0 Å². The van der Waals surface area contributed by atoms with Gasteiger partial charge in [0.25, 0.3) is 5.91 Å². The highest BCUT2D eigenvalue weighted by molar-refractivity contribution is 5.99. The molecule has 1 N–H and O–H groups in total. The molecule has 2 atom stereocenters. The molecule has 3 aromatic rings. The molecule has 1 amide bonds. The van der Waals surface area contributed by atoms with Crippen LogP contribution in [0.3, 0.4) is 0 Å². The number of nitrogens with zero attached hydrogens (tertiary/aromatic N) is 3. The number of aryl methyl sites for hydroxylation is 1. The van der Waals surface area contributed by atoms with Crippen molar-refractivity contribution in [2.45, 2.75) is 38.8 Å². The Morgan fingerprint density at radius 1 is 1.23 bits per heavy atom. The number of aliphatic hydroxyl groups is 1. The summed E-state index contributed by atoms with van der Waals surface area (Å²) >= 11 is 0. The molecule has 1 aromatic heterocycles. The highest BCUT2D eigenvalue weighted by Gasteiger charge is 2.37. The molecular formula is C24H27N3O4. The van der Waals surface area contributed by atoms with Crippen molar-refractivity contribution in [2.24, 2.45) is 7.05 Å². The predicted octanol–water partition coefficient (Wildman–Crippen LogP) is 2.72. The van der Waals surface area contributed by atoms with Crippen LogP contribution in [0.25, 0.3) is 10.9 Å². The summed E-state index contributed by atoms with van der Waals surface area (Å²) in [4.78, 5) is 15.0. The maximum Gasteiger partial charge on any atom is 0.260 e. The lowest BCUT2D eigenvalue weighted by atomic mass is 9.92. The van der Waals surface area contributed by atoms with E-state index in [-0.39, 0.29) is 18.7 Å². The van der Waals surface area contributed by atoms with Gasteiger partial charge in [-0.3, -0.25) is 14.4 Å². The Hall–Kier alpha value is -2.90. The third-order valence-electron chi connectivity index (χ3n) is 6.56. The SMILES string of the molecule is Cc1c(Cc2ccc3cn(C)nc3c2)cc2c(c1C)OCN([C@H]1COCC[C@@H]1O)C2=O. The van der Waals surface area contributed by atoms with E-state index in [9.17, 15) is 9.90 Å². The van der Waals surface area contributed by atoms with Crippen LogP contribution in [0.5, 0.6) is 5.75 Å². The van der Waals surface area contributed by atoms with E-state index in [1.807, 2.05) is 30.9 Å². The van der Waals surface area contributed by atoms with Crippen molar-refractivity contribution in [2.75, 3.05) is 19.9 Å². The highest BCUT2D eigenvalue weighted by atomic mass is 16.5. The lowest BCUT2D eigenvalue weighted by Gasteiger charge is -2.40. The summed E-state index contributed by atoms with van der Waals surface area (Å²) in [5.74, 6) is 0.536. The Balaban J connectivity index is 1.48.